The van der Waals surface area contributed by atoms with Crippen LogP contribution in [0.4, 0.5) is 5.69 Å². The summed E-state index contributed by atoms with van der Waals surface area (Å²) < 4.78 is 0. The summed E-state index contributed by atoms with van der Waals surface area (Å²) in [5.41, 5.74) is 2.15. The number of aromatic nitrogens is 2. The number of hydrogen-bond acceptors (Lipinski definition) is 5. The number of fused-ring (bicyclic) bond motifs is 3. The summed E-state index contributed by atoms with van der Waals surface area (Å²) in [6.45, 7) is 1.91. The van der Waals surface area contributed by atoms with Crippen LogP contribution in [0.2, 0.25) is 5.02 Å². The van der Waals surface area contributed by atoms with Gasteiger partial charge in [-0.05, 0) is 62.4 Å². The van der Waals surface area contributed by atoms with E-state index in [0.29, 0.717) is 10.8 Å². The Morgan fingerprint density at radius 3 is 2.81 bits per heavy atom. The first-order valence-electron chi connectivity index (χ1n) is 8.57. The summed E-state index contributed by atoms with van der Waals surface area (Å²) in [5.74, 6) is 1.03. The molecule has 0 aliphatic heterocycles. The lowest BCUT2D eigenvalue weighted by Gasteiger charge is -2.12. The summed E-state index contributed by atoms with van der Waals surface area (Å²) in [6, 6.07) is 7.12. The third-order valence-corrected chi connectivity index (χ3v) is 6.77. The predicted octanol–water partition coefficient (Wildman–Crippen LogP) is 5.26. The number of nitrogens with one attached hydrogen (secondary N) is 1. The average Bonchev–Trinajstić information content (AvgIpc) is 2.99. The molecule has 1 aromatic carbocycles. The van der Waals surface area contributed by atoms with Gasteiger partial charge in [0.05, 0.1) is 5.75 Å². The Morgan fingerprint density at radius 2 is 2.00 bits per heavy atom. The summed E-state index contributed by atoms with van der Waals surface area (Å²) in [4.78, 5) is 24.1. The fourth-order valence-corrected chi connectivity index (χ4v) is 5.59. The molecule has 4 nitrogen and oxygen atoms in total. The highest BCUT2D eigenvalue weighted by molar-refractivity contribution is 8.00. The molecule has 1 N–H and O–H groups in total. The Labute approximate surface area is 165 Å². The normalized spacial score (nSPS) is 13.6. The molecule has 7 heteroatoms. The number of hydrogen-bond donors (Lipinski definition) is 1. The van der Waals surface area contributed by atoms with E-state index < -0.39 is 0 Å². The minimum atomic E-state index is -0.0502. The molecule has 0 atom stereocenters. The highest BCUT2D eigenvalue weighted by atomic mass is 35.5. The van der Waals surface area contributed by atoms with Crippen LogP contribution in [0, 0.1) is 6.92 Å². The summed E-state index contributed by atoms with van der Waals surface area (Å²) >= 11 is 9.16. The Balaban J connectivity index is 1.54. The molecule has 0 radical (unpaired) electrons. The summed E-state index contributed by atoms with van der Waals surface area (Å²) in [7, 11) is 0. The third-order valence-electron chi connectivity index (χ3n) is 4.36. The van der Waals surface area contributed by atoms with E-state index in [4.69, 9.17) is 11.6 Å². The van der Waals surface area contributed by atoms with Gasteiger partial charge in [0.25, 0.3) is 0 Å². The van der Waals surface area contributed by atoms with Crippen molar-refractivity contribution in [2.75, 3.05) is 11.1 Å². The first kappa shape index (κ1) is 17.8. The molecule has 0 fully saturated rings. The molecule has 134 valence electrons. The molecule has 0 spiro atoms. The van der Waals surface area contributed by atoms with Crippen molar-refractivity contribution in [2.45, 2.75) is 37.6 Å². The molecule has 4 rings (SSSR count). The maximum atomic E-state index is 12.3. The summed E-state index contributed by atoms with van der Waals surface area (Å²) in [6.07, 6.45) is 4.69. The molecule has 26 heavy (non-hydrogen) atoms. The Kier molecular flexibility index (Phi) is 5.16. The number of halogens is 1. The molecule has 3 aromatic rings. The minimum Gasteiger partial charge on any atom is -0.325 e. The van der Waals surface area contributed by atoms with E-state index in [1.165, 1.54) is 40.4 Å². The first-order chi connectivity index (χ1) is 12.6. The third kappa shape index (κ3) is 3.72. The van der Waals surface area contributed by atoms with Gasteiger partial charge in [-0.25, -0.2) is 9.97 Å². The van der Waals surface area contributed by atoms with Crippen LogP contribution in [-0.4, -0.2) is 21.6 Å². The minimum absolute atomic E-state index is 0.0502. The fourth-order valence-electron chi connectivity index (χ4n) is 3.19. The Hall–Kier alpha value is -1.63. The van der Waals surface area contributed by atoms with Crippen LogP contribution in [0.15, 0.2) is 29.3 Å². The van der Waals surface area contributed by atoms with Gasteiger partial charge < -0.3 is 5.32 Å². The second kappa shape index (κ2) is 7.55. The molecule has 0 saturated heterocycles. The number of carbonyl (C=O) groups excluding carboxylic acids is 1. The van der Waals surface area contributed by atoms with Gasteiger partial charge in [0.15, 0.2) is 0 Å². The average molecular weight is 404 g/mol. The van der Waals surface area contributed by atoms with E-state index >= 15 is 0 Å². The lowest BCUT2D eigenvalue weighted by atomic mass is 9.97. The van der Waals surface area contributed by atoms with Gasteiger partial charge in [-0.1, -0.05) is 23.4 Å². The van der Waals surface area contributed by atoms with Crippen molar-refractivity contribution in [3.8, 4) is 0 Å². The topological polar surface area (TPSA) is 54.9 Å². The number of anilines is 1. The van der Waals surface area contributed by atoms with Crippen molar-refractivity contribution in [2.24, 2.45) is 0 Å². The molecule has 0 bridgehead atoms. The van der Waals surface area contributed by atoms with Gasteiger partial charge in [0, 0.05) is 21.0 Å². The monoisotopic (exact) mass is 403 g/mol. The zero-order chi connectivity index (χ0) is 18.1. The van der Waals surface area contributed by atoms with E-state index in [0.717, 1.165) is 34.2 Å². The number of thioether (sulfide) groups is 1. The van der Waals surface area contributed by atoms with E-state index in [2.05, 4.69) is 15.3 Å². The van der Waals surface area contributed by atoms with Crippen LogP contribution >= 0.6 is 34.7 Å². The zero-order valence-corrected chi connectivity index (χ0v) is 16.7. The van der Waals surface area contributed by atoms with Gasteiger partial charge >= 0.3 is 0 Å². The number of thiophene rings is 1. The molecule has 0 unspecified atom stereocenters. The van der Waals surface area contributed by atoms with Crippen molar-refractivity contribution >= 4 is 56.5 Å². The Morgan fingerprint density at radius 1 is 1.23 bits per heavy atom. The van der Waals surface area contributed by atoms with E-state index in [1.807, 2.05) is 6.92 Å². The number of nitrogens with zero attached hydrogens (tertiary/aromatic N) is 2. The standard InChI is InChI=1S/C19H18ClN3OS2/c1-11-21-18(17-14-4-2-3-5-15(14)26-19(17)22-11)25-10-16(24)23-13-8-6-12(20)7-9-13/h6-9H,2-5,10H2,1H3,(H,23,24). The summed E-state index contributed by atoms with van der Waals surface area (Å²) in [5, 5.41) is 5.65. The van der Waals surface area contributed by atoms with Crippen LogP contribution in [0.3, 0.4) is 0 Å². The highest BCUT2D eigenvalue weighted by Crippen LogP contribution is 2.39. The van der Waals surface area contributed by atoms with Crippen molar-refractivity contribution in [1.82, 2.24) is 9.97 Å². The molecule has 2 heterocycles. The van der Waals surface area contributed by atoms with Gasteiger partial charge in [0.2, 0.25) is 5.91 Å². The van der Waals surface area contributed by atoms with E-state index in [9.17, 15) is 4.79 Å². The molecule has 1 aliphatic carbocycles. The lowest BCUT2D eigenvalue weighted by Crippen LogP contribution is -2.14. The van der Waals surface area contributed by atoms with Crippen LogP contribution in [0.1, 0.15) is 29.1 Å². The smallest absolute Gasteiger partial charge is 0.234 e. The van der Waals surface area contributed by atoms with Crippen molar-refractivity contribution in [1.29, 1.82) is 0 Å². The number of benzene rings is 1. The molecular formula is C19H18ClN3OS2. The fraction of sp³-hybridized carbons (Fsp3) is 0.316. The van der Waals surface area contributed by atoms with Crippen LogP contribution < -0.4 is 5.32 Å². The van der Waals surface area contributed by atoms with Crippen LogP contribution in [0.25, 0.3) is 10.2 Å². The second-order valence-electron chi connectivity index (χ2n) is 6.31. The van der Waals surface area contributed by atoms with Crippen molar-refractivity contribution in [3.05, 3.63) is 45.6 Å². The lowest BCUT2D eigenvalue weighted by molar-refractivity contribution is -0.113. The maximum absolute atomic E-state index is 12.3. The van der Waals surface area contributed by atoms with Gasteiger partial charge in [-0.2, -0.15) is 0 Å². The predicted molar refractivity (Wildman–Crippen MR) is 110 cm³/mol. The zero-order valence-electron chi connectivity index (χ0n) is 14.3. The van der Waals surface area contributed by atoms with Gasteiger partial charge in [0.1, 0.15) is 15.7 Å². The van der Waals surface area contributed by atoms with Gasteiger partial charge in [-0.15, -0.1) is 11.3 Å². The first-order valence-corrected chi connectivity index (χ1v) is 10.8. The number of carbonyl (C=O) groups is 1. The second-order valence-corrected chi connectivity index (χ2v) is 8.79. The molecule has 0 saturated carbocycles. The molecule has 1 aliphatic rings. The number of aryl methyl sites for hydroxylation is 3. The Bertz CT molecular complexity index is 969. The van der Waals surface area contributed by atoms with Crippen LogP contribution in [0.5, 0.6) is 0 Å². The highest BCUT2D eigenvalue weighted by Gasteiger charge is 2.21. The molecule has 2 aromatic heterocycles. The van der Waals surface area contributed by atoms with E-state index in [1.54, 1.807) is 35.6 Å². The van der Waals surface area contributed by atoms with Crippen molar-refractivity contribution in [3.63, 3.8) is 0 Å². The van der Waals surface area contributed by atoms with Crippen molar-refractivity contribution < 1.29 is 4.79 Å². The van der Waals surface area contributed by atoms with Gasteiger partial charge in [-0.3, -0.25) is 4.79 Å². The molecular weight excluding hydrogens is 386 g/mol. The van der Waals surface area contributed by atoms with Crippen LogP contribution in [-0.2, 0) is 17.6 Å². The molecule has 1 amide bonds. The quantitative estimate of drug-likeness (QED) is 0.476. The SMILES string of the molecule is Cc1nc(SCC(=O)Nc2ccc(Cl)cc2)c2c3c(sc2n1)CCCC3. The largest absolute Gasteiger partial charge is 0.325 e. The van der Waals surface area contributed by atoms with E-state index in [-0.39, 0.29) is 5.91 Å². The number of rotatable bonds is 4. The number of amides is 1. The maximum Gasteiger partial charge on any atom is 0.234 e.